The first-order valence-electron chi connectivity index (χ1n) is 4.87. The van der Waals surface area contributed by atoms with E-state index in [2.05, 4.69) is 0 Å². The second-order valence-electron chi connectivity index (χ2n) is 3.74. The van der Waals surface area contributed by atoms with Gasteiger partial charge in [0.25, 0.3) is 0 Å². The van der Waals surface area contributed by atoms with Crippen molar-refractivity contribution in [1.82, 2.24) is 0 Å². The van der Waals surface area contributed by atoms with Gasteiger partial charge in [0.15, 0.2) is 11.5 Å². The lowest BCUT2D eigenvalue weighted by atomic mass is 10.0. The Morgan fingerprint density at radius 2 is 1.88 bits per heavy atom. The molecule has 0 aromatic heterocycles. The molecule has 0 atom stereocenters. The molecule has 92 valence electrons. The predicted octanol–water partition coefficient (Wildman–Crippen LogP) is 2.57. The van der Waals surface area contributed by atoms with Crippen LogP contribution in [0.1, 0.15) is 18.1 Å². The SMILES string of the molecule is CC(=O)Cc1cc2c(cc1C(F)(F)F)OCO2. The van der Waals surface area contributed by atoms with Gasteiger partial charge in [0.05, 0.1) is 5.56 Å². The molecule has 0 aliphatic carbocycles. The minimum atomic E-state index is -4.51. The normalized spacial score (nSPS) is 13.9. The van der Waals surface area contributed by atoms with Gasteiger partial charge < -0.3 is 9.47 Å². The summed E-state index contributed by atoms with van der Waals surface area (Å²) >= 11 is 0. The van der Waals surface area contributed by atoms with Crippen LogP contribution in [0, 0.1) is 0 Å². The number of carbonyl (C=O) groups excluding carboxylic acids is 1. The van der Waals surface area contributed by atoms with Gasteiger partial charge >= 0.3 is 6.18 Å². The van der Waals surface area contributed by atoms with Gasteiger partial charge in [-0.1, -0.05) is 0 Å². The Kier molecular flexibility index (Phi) is 2.73. The summed E-state index contributed by atoms with van der Waals surface area (Å²) in [6.45, 7) is 1.14. The Balaban J connectivity index is 2.51. The molecule has 1 aromatic carbocycles. The number of carbonyl (C=O) groups is 1. The highest BCUT2D eigenvalue weighted by atomic mass is 19.4. The third kappa shape index (κ3) is 2.35. The fourth-order valence-electron chi connectivity index (χ4n) is 1.66. The van der Waals surface area contributed by atoms with Crippen molar-refractivity contribution in [3.05, 3.63) is 23.3 Å². The van der Waals surface area contributed by atoms with Crippen LogP contribution in [0.3, 0.4) is 0 Å². The minimum absolute atomic E-state index is 0.0598. The summed E-state index contributed by atoms with van der Waals surface area (Å²) in [5.41, 5.74) is -0.939. The third-order valence-corrected chi connectivity index (χ3v) is 2.34. The number of alkyl halides is 3. The molecule has 0 amide bonds. The van der Waals surface area contributed by atoms with Crippen molar-refractivity contribution in [2.45, 2.75) is 19.5 Å². The molecule has 0 saturated heterocycles. The summed E-state index contributed by atoms with van der Waals surface area (Å²) in [4.78, 5) is 11.0. The summed E-state index contributed by atoms with van der Waals surface area (Å²) in [6, 6.07) is 2.09. The molecule has 3 nitrogen and oxygen atoms in total. The molecule has 0 radical (unpaired) electrons. The van der Waals surface area contributed by atoms with Crippen LogP contribution in [0.5, 0.6) is 11.5 Å². The maximum absolute atomic E-state index is 12.8. The quantitative estimate of drug-likeness (QED) is 0.804. The number of rotatable bonds is 2. The number of Topliss-reactive ketones (excluding diaryl/α,β-unsaturated/α-hetero) is 1. The van der Waals surface area contributed by atoms with E-state index in [1.165, 1.54) is 13.0 Å². The Morgan fingerprint density at radius 1 is 1.29 bits per heavy atom. The standard InChI is InChI=1S/C11H9F3O3/c1-6(15)2-7-3-9-10(17-5-16-9)4-8(7)11(12,13)14/h3-4H,2,5H2,1H3. The van der Waals surface area contributed by atoms with E-state index < -0.39 is 11.7 Å². The van der Waals surface area contributed by atoms with Crippen molar-refractivity contribution in [1.29, 1.82) is 0 Å². The fraction of sp³-hybridized carbons (Fsp3) is 0.364. The number of hydrogen-bond donors (Lipinski definition) is 0. The summed E-state index contributed by atoms with van der Waals surface area (Å²) < 4.78 is 48.2. The highest BCUT2D eigenvalue weighted by Crippen LogP contribution is 2.41. The molecule has 17 heavy (non-hydrogen) atoms. The zero-order chi connectivity index (χ0) is 12.6. The van der Waals surface area contributed by atoms with E-state index in [0.29, 0.717) is 0 Å². The van der Waals surface area contributed by atoms with E-state index >= 15 is 0 Å². The average Bonchev–Trinajstić information content (AvgIpc) is 2.60. The van der Waals surface area contributed by atoms with Gasteiger partial charge in [0.2, 0.25) is 6.79 Å². The largest absolute Gasteiger partial charge is 0.454 e. The molecule has 0 spiro atoms. The van der Waals surface area contributed by atoms with E-state index in [1.54, 1.807) is 0 Å². The molecule has 1 aromatic rings. The van der Waals surface area contributed by atoms with E-state index in [4.69, 9.17) is 9.47 Å². The van der Waals surface area contributed by atoms with Crippen LogP contribution in [0.4, 0.5) is 13.2 Å². The predicted molar refractivity (Wildman–Crippen MR) is 52.0 cm³/mol. The highest BCUT2D eigenvalue weighted by molar-refractivity contribution is 5.79. The monoisotopic (exact) mass is 246 g/mol. The topological polar surface area (TPSA) is 35.5 Å². The second-order valence-corrected chi connectivity index (χ2v) is 3.74. The number of halogens is 3. The molecule has 2 rings (SSSR count). The van der Waals surface area contributed by atoms with Gasteiger partial charge in [-0.3, -0.25) is 4.79 Å². The van der Waals surface area contributed by atoms with Gasteiger partial charge in [-0.2, -0.15) is 13.2 Å². The molecule has 1 aliphatic rings. The van der Waals surface area contributed by atoms with Gasteiger partial charge in [-0.15, -0.1) is 0 Å². The van der Waals surface area contributed by atoms with E-state index in [1.807, 2.05) is 0 Å². The van der Waals surface area contributed by atoms with Crippen LogP contribution in [0.15, 0.2) is 12.1 Å². The van der Waals surface area contributed by atoms with Crippen LogP contribution in [0.2, 0.25) is 0 Å². The lowest BCUT2D eigenvalue weighted by Crippen LogP contribution is -2.11. The van der Waals surface area contributed by atoms with E-state index in [9.17, 15) is 18.0 Å². The fourth-order valence-corrected chi connectivity index (χ4v) is 1.66. The molecule has 0 saturated carbocycles. The summed E-state index contributed by atoms with van der Waals surface area (Å²) in [7, 11) is 0. The van der Waals surface area contributed by atoms with Gasteiger partial charge in [-0.25, -0.2) is 0 Å². The lowest BCUT2D eigenvalue weighted by molar-refractivity contribution is -0.138. The Morgan fingerprint density at radius 3 is 2.41 bits per heavy atom. The molecular weight excluding hydrogens is 237 g/mol. The van der Waals surface area contributed by atoms with Crippen molar-refractivity contribution in [3.8, 4) is 11.5 Å². The zero-order valence-corrected chi connectivity index (χ0v) is 8.93. The van der Waals surface area contributed by atoms with Crippen LogP contribution >= 0.6 is 0 Å². The van der Waals surface area contributed by atoms with Crippen LogP contribution in [0.25, 0.3) is 0 Å². The van der Waals surface area contributed by atoms with Crippen LogP contribution in [-0.4, -0.2) is 12.6 Å². The molecular formula is C11H9F3O3. The maximum atomic E-state index is 12.8. The molecule has 0 bridgehead atoms. The van der Waals surface area contributed by atoms with E-state index in [-0.39, 0.29) is 36.1 Å². The molecule has 0 unspecified atom stereocenters. The molecule has 0 N–H and O–H groups in total. The third-order valence-electron chi connectivity index (χ3n) is 2.34. The second kappa shape index (κ2) is 3.94. The molecule has 1 heterocycles. The zero-order valence-electron chi connectivity index (χ0n) is 8.93. The first-order chi connectivity index (χ1) is 7.88. The van der Waals surface area contributed by atoms with Gasteiger partial charge in [-0.05, 0) is 24.6 Å². The maximum Gasteiger partial charge on any atom is 0.416 e. The summed E-state index contributed by atoms with van der Waals surface area (Å²) in [6.07, 6.45) is -4.78. The lowest BCUT2D eigenvalue weighted by Gasteiger charge is -2.12. The van der Waals surface area contributed by atoms with Crippen molar-refractivity contribution < 1.29 is 27.4 Å². The van der Waals surface area contributed by atoms with Crippen LogP contribution < -0.4 is 9.47 Å². The summed E-state index contributed by atoms with van der Waals surface area (Å²) in [5, 5.41) is 0. The van der Waals surface area contributed by atoms with Crippen molar-refractivity contribution in [2.75, 3.05) is 6.79 Å². The van der Waals surface area contributed by atoms with Crippen molar-refractivity contribution in [2.24, 2.45) is 0 Å². The number of ether oxygens (including phenoxy) is 2. The average molecular weight is 246 g/mol. The number of benzene rings is 1. The van der Waals surface area contributed by atoms with E-state index in [0.717, 1.165) is 6.07 Å². The van der Waals surface area contributed by atoms with Gasteiger partial charge in [0.1, 0.15) is 5.78 Å². The minimum Gasteiger partial charge on any atom is -0.454 e. The Labute approximate surface area is 95.1 Å². The van der Waals surface area contributed by atoms with Crippen LogP contribution in [-0.2, 0) is 17.4 Å². The highest BCUT2D eigenvalue weighted by Gasteiger charge is 2.35. The Bertz CT molecular complexity index is 466. The Hall–Kier alpha value is -1.72. The van der Waals surface area contributed by atoms with Crippen molar-refractivity contribution in [3.63, 3.8) is 0 Å². The first-order valence-corrected chi connectivity index (χ1v) is 4.87. The number of ketones is 1. The number of fused-ring (bicyclic) bond motifs is 1. The number of hydrogen-bond acceptors (Lipinski definition) is 3. The van der Waals surface area contributed by atoms with Gasteiger partial charge in [0, 0.05) is 6.42 Å². The first kappa shape index (κ1) is 11.8. The smallest absolute Gasteiger partial charge is 0.416 e. The van der Waals surface area contributed by atoms with Crippen molar-refractivity contribution >= 4 is 5.78 Å². The molecule has 0 fully saturated rings. The molecule has 1 aliphatic heterocycles. The molecule has 6 heteroatoms. The summed E-state index contributed by atoms with van der Waals surface area (Å²) in [5.74, 6) is -0.0340.